The number of amides is 1. The summed E-state index contributed by atoms with van der Waals surface area (Å²) in [5, 5.41) is 7.31. The molecule has 1 aliphatic heterocycles. The van der Waals surface area contributed by atoms with E-state index in [2.05, 4.69) is 50.0 Å². The van der Waals surface area contributed by atoms with Crippen molar-refractivity contribution in [1.82, 2.24) is 14.5 Å². The number of anilines is 4. The minimum atomic E-state index is -0.265. The zero-order chi connectivity index (χ0) is 23.5. The molecule has 5 rings (SSSR count). The lowest BCUT2D eigenvalue weighted by Gasteiger charge is -2.29. The zero-order valence-electron chi connectivity index (χ0n) is 19.0. The predicted octanol–water partition coefficient (Wildman–Crippen LogP) is 4.34. The Morgan fingerprint density at radius 3 is 2.74 bits per heavy atom. The summed E-state index contributed by atoms with van der Waals surface area (Å²) < 4.78 is 7.58. The number of nitrogens with zero attached hydrogens (tertiary/aromatic N) is 4. The summed E-state index contributed by atoms with van der Waals surface area (Å²) in [6.07, 6.45) is 5.09. The third-order valence-electron chi connectivity index (χ3n) is 5.83. The lowest BCUT2D eigenvalue weighted by Crippen LogP contribution is -2.36. The largest absolute Gasteiger partial charge is 0.378 e. The third kappa shape index (κ3) is 4.49. The number of nitrogens with one attached hydrogen (secondary N) is 2. The topological polar surface area (TPSA) is 84.3 Å². The van der Waals surface area contributed by atoms with Gasteiger partial charge in [-0.3, -0.25) is 4.79 Å². The van der Waals surface area contributed by atoms with E-state index >= 15 is 0 Å². The Hall–Kier alpha value is -4.17. The van der Waals surface area contributed by atoms with Crippen LogP contribution in [0.2, 0.25) is 0 Å². The van der Waals surface area contributed by atoms with Gasteiger partial charge in [0.15, 0.2) is 0 Å². The van der Waals surface area contributed by atoms with Crippen LogP contribution >= 0.6 is 0 Å². The summed E-state index contributed by atoms with van der Waals surface area (Å²) in [5.74, 6) is 0.213. The van der Waals surface area contributed by atoms with Gasteiger partial charge in [-0.1, -0.05) is 24.8 Å². The molecule has 2 aromatic carbocycles. The Labute approximate surface area is 197 Å². The lowest BCUT2D eigenvalue weighted by atomic mass is 10.1. The molecule has 2 N–H and O–H groups in total. The Morgan fingerprint density at radius 2 is 1.91 bits per heavy atom. The average Bonchev–Trinajstić information content (AvgIpc) is 3.21. The average molecular weight is 455 g/mol. The van der Waals surface area contributed by atoms with Crippen LogP contribution in [0.5, 0.6) is 0 Å². The van der Waals surface area contributed by atoms with Gasteiger partial charge in [-0.25, -0.2) is 9.97 Å². The molecular formula is C26H26N6O2. The summed E-state index contributed by atoms with van der Waals surface area (Å²) >= 11 is 0. The van der Waals surface area contributed by atoms with Gasteiger partial charge in [0.1, 0.15) is 0 Å². The fourth-order valence-corrected chi connectivity index (χ4v) is 4.20. The molecule has 0 spiro atoms. The number of fused-ring (bicyclic) bond motifs is 1. The van der Waals surface area contributed by atoms with Gasteiger partial charge >= 0.3 is 0 Å². The lowest BCUT2D eigenvalue weighted by molar-refractivity contribution is -0.111. The van der Waals surface area contributed by atoms with E-state index in [4.69, 9.17) is 9.72 Å². The monoisotopic (exact) mass is 454 g/mol. The van der Waals surface area contributed by atoms with E-state index in [0.717, 1.165) is 46.6 Å². The number of aryl methyl sites for hydroxylation is 1. The van der Waals surface area contributed by atoms with Crippen LogP contribution in [0, 0.1) is 0 Å². The molecule has 8 nitrogen and oxygen atoms in total. The SMILES string of the molecule is C=CC(=O)Nc1cc(Nc2nccc(-c3cn(C)c4ccccc34)n2)cc(N2CCOCC2)c1. The predicted molar refractivity (Wildman–Crippen MR) is 136 cm³/mol. The molecule has 3 heterocycles. The van der Waals surface area contributed by atoms with Crippen LogP contribution in [-0.4, -0.2) is 46.7 Å². The second-order valence-corrected chi connectivity index (χ2v) is 8.12. The Morgan fingerprint density at radius 1 is 1.12 bits per heavy atom. The molecule has 1 amide bonds. The van der Waals surface area contributed by atoms with E-state index in [1.54, 1.807) is 6.20 Å². The first-order valence-electron chi connectivity index (χ1n) is 11.2. The molecule has 0 aliphatic carbocycles. The summed E-state index contributed by atoms with van der Waals surface area (Å²) in [6, 6.07) is 16.0. The van der Waals surface area contributed by atoms with Crippen molar-refractivity contribution in [3.8, 4) is 11.3 Å². The van der Waals surface area contributed by atoms with Crippen LogP contribution in [0.25, 0.3) is 22.2 Å². The molecule has 4 aromatic rings. The Balaban J connectivity index is 1.48. The number of aromatic nitrogens is 3. The zero-order valence-corrected chi connectivity index (χ0v) is 19.0. The van der Waals surface area contributed by atoms with Gasteiger partial charge in [0.2, 0.25) is 11.9 Å². The second-order valence-electron chi connectivity index (χ2n) is 8.12. The van der Waals surface area contributed by atoms with E-state index in [0.29, 0.717) is 24.8 Å². The van der Waals surface area contributed by atoms with Crippen molar-refractivity contribution in [3.63, 3.8) is 0 Å². The molecule has 1 fully saturated rings. The molecule has 0 saturated carbocycles. The number of rotatable bonds is 6. The maximum Gasteiger partial charge on any atom is 0.247 e. The highest BCUT2D eigenvalue weighted by atomic mass is 16.5. The summed E-state index contributed by atoms with van der Waals surface area (Å²) in [5.41, 5.74) is 5.45. The molecule has 0 bridgehead atoms. The normalized spacial score (nSPS) is 13.6. The maximum absolute atomic E-state index is 11.9. The van der Waals surface area contributed by atoms with Crippen LogP contribution in [0.15, 0.2) is 73.6 Å². The van der Waals surface area contributed by atoms with Crippen molar-refractivity contribution in [2.75, 3.05) is 41.8 Å². The first kappa shape index (κ1) is 21.7. The maximum atomic E-state index is 11.9. The highest BCUT2D eigenvalue weighted by molar-refractivity contribution is 5.99. The van der Waals surface area contributed by atoms with Crippen molar-refractivity contribution >= 4 is 39.8 Å². The first-order chi connectivity index (χ1) is 16.6. The van der Waals surface area contributed by atoms with Gasteiger partial charge in [-0.05, 0) is 36.4 Å². The van der Waals surface area contributed by atoms with Gasteiger partial charge in [0, 0.05) is 66.1 Å². The van der Waals surface area contributed by atoms with Crippen molar-refractivity contribution in [2.24, 2.45) is 7.05 Å². The van der Waals surface area contributed by atoms with Crippen LogP contribution in [0.1, 0.15) is 0 Å². The minimum Gasteiger partial charge on any atom is -0.378 e. The minimum absolute atomic E-state index is 0.265. The van der Waals surface area contributed by atoms with Gasteiger partial charge < -0.3 is 24.8 Å². The third-order valence-corrected chi connectivity index (χ3v) is 5.83. The van der Waals surface area contributed by atoms with Crippen molar-refractivity contribution in [2.45, 2.75) is 0 Å². The first-order valence-corrected chi connectivity index (χ1v) is 11.2. The van der Waals surface area contributed by atoms with Gasteiger partial charge in [0.05, 0.1) is 18.9 Å². The Bertz CT molecular complexity index is 1360. The molecule has 172 valence electrons. The second kappa shape index (κ2) is 9.36. The van der Waals surface area contributed by atoms with Crippen LogP contribution in [-0.2, 0) is 16.6 Å². The smallest absolute Gasteiger partial charge is 0.247 e. The quantitative estimate of drug-likeness (QED) is 0.422. The summed E-state index contributed by atoms with van der Waals surface area (Å²) in [6.45, 7) is 6.45. The Kier molecular flexibility index (Phi) is 5.97. The summed E-state index contributed by atoms with van der Waals surface area (Å²) in [4.78, 5) is 23.4. The van der Waals surface area contributed by atoms with E-state index in [1.807, 2.05) is 43.4 Å². The number of carbonyl (C=O) groups excluding carboxylic acids is 1. The van der Waals surface area contributed by atoms with E-state index in [1.165, 1.54) is 6.08 Å². The van der Waals surface area contributed by atoms with Crippen molar-refractivity contribution in [3.05, 3.63) is 73.6 Å². The number of carbonyl (C=O) groups is 1. The number of hydrogen-bond donors (Lipinski definition) is 2. The number of hydrogen-bond acceptors (Lipinski definition) is 6. The number of ether oxygens (including phenoxy) is 1. The number of benzene rings is 2. The molecular weight excluding hydrogens is 428 g/mol. The fourth-order valence-electron chi connectivity index (χ4n) is 4.20. The van der Waals surface area contributed by atoms with Crippen LogP contribution < -0.4 is 15.5 Å². The molecule has 1 saturated heterocycles. The van der Waals surface area contributed by atoms with E-state index in [9.17, 15) is 4.79 Å². The number of morpholine rings is 1. The van der Waals surface area contributed by atoms with Gasteiger partial charge in [-0.2, -0.15) is 0 Å². The molecule has 0 unspecified atom stereocenters. The number of para-hydroxylation sites is 1. The van der Waals surface area contributed by atoms with Crippen LogP contribution in [0.4, 0.5) is 23.0 Å². The molecule has 1 aliphatic rings. The molecule has 2 aromatic heterocycles. The van der Waals surface area contributed by atoms with E-state index < -0.39 is 0 Å². The molecule has 34 heavy (non-hydrogen) atoms. The fraction of sp³-hybridized carbons (Fsp3) is 0.192. The van der Waals surface area contributed by atoms with Crippen LogP contribution in [0.3, 0.4) is 0 Å². The standard InChI is InChI=1S/C26H26N6O2/c1-3-25(33)28-18-14-19(16-20(15-18)32-10-12-34-13-11-32)29-26-27-9-8-23(30-26)22-17-31(2)24-7-5-4-6-21(22)24/h3-9,14-17H,1,10-13H2,2H3,(H,28,33)(H,27,29,30). The van der Waals surface area contributed by atoms with Crippen molar-refractivity contribution in [1.29, 1.82) is 0 Å². The highest BCUT2D eigenvalue weighted by Gasteiger charge is 2.15. The van der Waals surface area contributed by atoms with Crippen molar-refractivity contribution < 1.29 is 9.53 Å². The van der Waals surface area contributed by atoms with E-state index in [-0.39, 0.29) is 5.91 Å². The van der Waals surface area contributed by atoms with Gasteiger partial charge in [-0.15, -0.1) is 0 Å². The highest BCUT2D eigenvalue weighted by Crippen LogP contribution is 2.31. The molecule has 0 atom stereocenters. The van der Waals surface area contributed by atoms with Gasteiger partial charge in [0.25, 0.3) is 0 Å². The molecule has 0 radical (unpaired) electrons. The summed E-state index contributed by atoms with van der Waals surface area (Å²) in [7, 11) is 2.03. The molecule has 8 heteroatoms.